The van der Waals surface area contributed by atoms with Gasteiger partial charge in [0.25, 0.3) is 0 Å². The second-order valence-corrected chi connectivity index (χ2v) is 5.45. The fourth-order valence-electron chi connectivity index (χ4n) is 2.71. The van der Waals surface area contributed by atoms with Crippen LogP contribution in [0.3, 0.4) is 0 Å². The first-order valence-corrected chi connectivity index (χ1v) is 7.61. The van der Waals surface area contributed by atoms with E-state index in [-0.39, 0.29) is 24.9 Å². The van der Waals surface area contributed by atoms with E-state index in [2.05, 4.69) is 0 Å². The summed E-state index contributed by atoms with van der Waals surface area (Å²) in [5.41, 5.74) is -0.199. The standard InChI is InChI=1S/C17H22O5/c1-4-20-15(18)11-13-10-12-8-6-7-9-14(12)22-17(13,3)16(19)21-5-2/h6-9,13H,4-5,10-11H2,1-3H3/t13-,17+/m0/s1. The molecule has 2 atom stereocenters. The van der Waals surface area contributed by atoms with Gasteiger partial charge in [-0.25, -0.2) is 4.79 Å². The fraction of sp³-hybridized carbons (Fsp3) is 0.529. The molecule has 0 aliphatic carbocycles. The molecule has 0 radical (unpaired) electrons. The molecule has 0 N–H and O–H groups in total. The van der Waals surface area contributed by atoms with Crippen molar-refractivity contribution in [1.29, 1.82) is 0 Å². The van der Waals surface area contributed by atoms with E-state index in [4.69, 9.17) is 14.2 Å². The minimum atomic E-state index is -1.18. The van der Waals surface area contributed by atoms with Crippen LogP contribution in [0.1, 0.15) is 32.8 Å². The average molecular weight is 306 g/mol. The predicted octanol–water partition coefficient (Wildman–Crippen LogP) is 2.51. The Morgan fingerprint density at radius 2 is 1.91 bits per heavy atom. The van der Waals surface area contributed by atoms with Gasteiger partial charge in [-0.1, -0.05) is 18.2 Å². The highest BCUT2D eigenvalue weighted by molar-refractivity contribution is 5.82. The van der Waals surface area contributed by atoms with Gasteiger partial charge in [-0.3, -0.25) is 4.79 Å². The number of esters is 2. The SMILES string of the molecule is CCOC(=O)C[C@@H]1Cc2ccccc2O[C@@]1(C)C(=O)OCC. The summed E-state index contributed by atoms with van der Waals surface area (Å²) in [5, 5.41) is 0. The summed E-state index contributed by atoms with van der Waals surface area (Å²) in [6.07, 6.45) is 0.696. The Labute approximate surface area is 130 Å². The summed E-state index contributed by atoms with van der Waals surface area (Å²) >= 11 is 0. The van der Waals surface area contributed by atoms with Gasteiger partial charge in [-0.05, 0) is 38.8 Å². The molecule has 0 amide bonds. The van der Waals surface area contributed by atoms with Crippen molar-refractivity contribution in [3.05, 3.63) is 29.8 Å². The quantitative estimate of drug-likeness (QED) is 0.782. The van der Waals surface area contributed by atoms with Gasteiger partial charge in [0, 0.05) is 5.92 Å². The molecule has 0 spiro atoms. The van der Waals surface area contributed by atoms with Crippen molar-refractivity contribution in [2.75, 3.05) is 13.2 Å². The zero-order chi connectivity index (χ0) is 16.2. The summed E-state index contributed by atoms with van der Waals surface area (Å²) in [6, 6.07) is 7.54. The second-order valence-electron chi connectivity index (χ2n) is 5.45. The zero-order valence-corrected chi connectivity index (χ0v) is 13.3. The van der Waals surface area contributed by atoms with E-state index in [9.17, 15) is 9.59 Å². The molecule has 1 aliphatic heterocycles. The van der Waals surface area contributed by atoms with Crippen LogP contribution in [0.15, 0.2) is 24.3 Å². The lowest BCUT2D eigenvalue weighted by atomic mass is 9.79. The van der Waals surface area contributed by atoms with Crippen LogP contribution < -0.4 is 4.74 Å². The van der Waals surface area contributed by atoms with Crippen molar-refractivity contribution >= 4 is 11.9 Å². The molecule has 5 nitrogen and oxygen atoms in total. The topological polar surface area (TPSA) is 61.8 Å². The van der Waals surface area contributed by atoms with Crippen LogP contribution in [-0.2, 0) is 25.5 Å². The van der Waals surface area contributed by atoms with E-state index in [0.717, 1.165) is 5.56 Å². The molecule has 120 valence electrons. The van der Waals surface area contributed by atoms with Crippen molar-refractivity contribution in [3.8, 4) is 5.75 Å². The van der Waals surface area contributed by atoms with Gasteiger partial charge in [-0.2, -0.15) is 0 Å². The highest BCUT2D eigenvalue weighted by Gasteiger charge is 2.49. The molecule has 0 saturated heterocycles. The first-order chi connectivity index (χ1) is 10.5. The molecule has 2 rings (SSSR count). The maximum absolute atomic E-state index is 12.4. The Hall–Kier alpha value is -2.04. The number of fused-ring (bicyclic) bond motifs is 1. The van der Waals surface area contributed by atoms with Gasteiger partial charge in [0.1, 0.15) is 5.75 Å². The first-order valence-electron chi connectivity index (χ1n) is 7.61. The van der Waals surface area contributed by atoms with Gasteiger partial charge >= 0.3 is 11.9 Å². The van der Waals surface area contributed by atoms with Crippen LogP contribution in [0.4, 0.5) is 0 Å². The van der Waals surface area contributed by atoms with E-state index in [0.29, 0.717) is 18.8 Å². The lowest BCUT2D eigenvalue weighted by Gasteiger charge is -2.39. The van der Waals surface area contributed by atoms with Crippen LogP contribution in [0.25, 0.3) is 0 Å². The van der Waals surface area contributed by atoms with Crippen molar-refractivity contribution in [3.63, 3.8) is 0 Å². The van der Waals surface area contributed by atoms with Gasteiger partial charge in [0.2, 0.25) is 5.60 Å². The number of benzene rings is 1. The number of hydrogen-bond acceptors (Lipinski definition) is 5. The molecule has 0 fully saturated rings. The Morgan fingerprint density at radius 3 is 2.59 bits per heavy atom. The molecule has 0 bridgehead atoms. The average Bonchev–Trinajstić information content (AvgIpc) is 2.48. The van der Waals surface area contributed by atoms with Gasteiger partial charge in [0.05, 0.1) is 19.6 Å². The number of para-hydroxylation sites is 1. The van der Waals surface area contributed by atoms with Gasteiger partial charge < -0.3 is 14.2 Å². The maximum Gasteiger partial charge on any atom is 0.350 e. The third kappa shape index (κ3) is 3.24. The Balaban J connectivity index is 2.29. The molecule has 22 heavy (non-hydrogen) atoms. The molecule has 0 aromatic heterocycles. The molecule has 0 unspecified atom stereocenters. The van der Waals surface area contributed by atoms with Crippen molar-refractivity contribution in [2.45, 2.75) is 39.2 Å². The summed E-state index contributed by atoms with van der Waals surface area (Å²) in [6.45, 7) is 5.78. The van der Waals surface area contributed by atoms with Gasteiger partial charge in [-0.15, -0.1) is 0 Å². The number of rotatable bonds is 5. The zero-order valence-electron chi connectivity index (χ0n) is 13.3. The summed E-state index contributed by atoms with van der Waals surface area (Å²) < 4.78 is 16.1. The lowest BCUT2D eigenvalue weighted by molar-refractivity contribution is -0.169. The van der Waals surface area contributed by atoms with E-state index in [1.54, 1.807) is 20.8 Å². The monoisotopic (exact) mass is 306 g/mol. The third-order valence-electron chi connectivity index (χ3n) is 3.94. The first kappa shape index (κ1) is 16.3. The van der Waals surface area contributed by atoms with E-state index < -0.39 is 11.6 Å². The molecule has 1 aromatic rings. The number of ether oxygens (including phenoxy) is 3. The maximum atomic E-state index is 12.4. The van der Waals surface area contributed by atoms with E-state index in [1.807, 2.05) is 24.3 Å². The summed E-state index contributed by atoms with van der Waals surface area (Å²) in [4.78, 5) is 24.2. The number of carbonyl (C=O) groups excluding carboxylic acids is 2. The Morgan fingerprint density at radius 1 is 1.23 bits per heavy atom. The van der Waals surface area contributed by atoms with Gasteiger partial charge in [0.15, 0.2) is 0 Å². The van der Waals surface area contributed by atoms with Crippen LogP contribution in [0.5, 0.6) is 5.75 Å². The second kappa shape index (κ2) is 6.81. The van der Waals surface area contributed by atoms with Crippen LogP contribution in [0, 0.1) is 5.92 Å². The van der Waals surface area contributed by atoms with E-state index >= 15 is 0 Å². The third-order valence-corrected chi connectivity index (χ3v) is 3.94. The minimum Gasteiger partial charge on any atom is -0.475 e. The van der Waals surface area contributed by atoms with Crippen LogP contribution in [0.2, 0.25) is 0 Å². The molecular formula is C17H22O5. The Kier molecular flexibility index (Phi) is 5.06. The highest BCUT2D eigenvalue weighted by Crippen LogP contribution is 2.39. The molecule has 1 aliphatic rings. The summed E-state index contributed by atoms with van der Waals surface area (Å²) in [7, 11) is 0. The molecule has 1 heterocycles. The molecule has 1 aromatic carbocycles. The lowest BCUT2D eigenvalue weighted by Crippen LogP contribution is -2.53. The van der Waals surface area contributed by atoms with Crippen molar-refractivity contribution < 1.29 is 23.8 Å². The number of carbonyl (C=O) groups is 2. The fourth-order valence-corrected chi connectivity index (χ4v) is 2.71. The Bertz CT molecular complexity index is 554. The molecule has 0 saturated carbocycles. The van der Waals surface area contributed by atoms with Crippen LogP contribution in [-0.4, -0.2) is 30.8 Å². The number of hydrogen-bond donors (Lipinski definition) is 0. The van der Waals surface area contributed by atoms with Crippen molar-refractivity contribution in [2.24, 2.45) is 5.92 Å². The summed E-state index contributed by atoms with van der Waals surface area (Å²) in [5.74, 6) is -0.427. The highest BCUT2D eigenvalue weighted by atomic mass is 16.6. The van der Waals surface area contributed by atoms with Crippen LogP contribution >= 0.6 is 0 Å². The smallest absolute Gasteiger partial charge is 0.350 e. The predicted molar refractivity (Wildman–Crippen MR) is 80.6 cm³/mol. The normalized spacial score (nSPS) is 23.1. The molecular weight excluding hydrogens is 284 g/mol. The molecule has 5 heteroatoms. The minimum absolute atomic E-state index is 0.123. The largest absolute Gasteiger partial charge is 0.475 e. The van der Waals surface area contributed by atoms with E-state index in [1.165, 1.54) is 0 Å². The van der Waals surface area contributed by atoms with Crippen molar-refractivity contribution in [1.82, 2.24) is 0 Å².